The molecule has 2 heterocycles. The van der Waals surface area contributed by atoms with Crippen molar-refractivity contribution in [1.82, 2.24) is 10.4 Å². The van der Waals surface area contributed by atoms with Gasteiger partial charge in [0.15, 0.2) is 0 Å². The summed E-state index contributed by atoms with van der Waals surface area (Å²) in [5.41, 5.74) is 1.35. The molecule has 25 heavy (non-hydrogen) atoms. The summed E-state index contributed by atoms with van der Waals surface area (Å²) < 4.78 is 39.2. The Kier molecular flexibility index (Phi) is 4.23. The molecule has 1 aliphatic heterocycles. The van der Waals surface area contributed by atoms with Gasteiger partial charge in [0.05, 0.1) is 6.42 Å². The van der Waals surface area contributed by atoms with Crippen LogP contribution in [0.25, 0.3) is 0 Å². The van der Waals surface area contributed by atoms with Crippen LogP contribution in [-0.4, -0.2) is 22.6 Å². The lowest BCUT2D eigenvalue weighted by molar-refractivity contribution is -0.187. The topological polar surface area (TPSA) is 45.2 Å². The summed E-state index contributed by atoms with van der Waals surface area (Å²) in [6.45, 7) is 0.949. The molecule has 2 aromatic rings. The van der Waals surface area contributed by atoms with Crippen LogP contribution < -0.4 is 10.4 Å². The van der Waals surface area contributed by atoms with Gasteiger partial charge in [0.25, 0.3) is 0 Å². The highest BCUT2D eigenvalue weighted by Gasteiger charge is 2.58. The molecule has 1 N–H and O–H groups in total. The Balaban J connectivity index is 1.77. The van der Waals surface area contributed by atoms with Crippen LogP contribution in [0.15, 0.2) is 48.7 Å². The van der Waals surface area contributed by atoms with Crippen LogP contribution >= 0.6 is 0 Å². The summed E-state index contributed by atoms with van der Waals surface area (Å²) in [7, 11) is 0. The Labute approximate surface area is 142 Å². The molecule has 128 valence electrons. The molecule has 0 saturated carbocycles. The number of nitrogens with zero attached hydrogens (tertiary/aromatic N) is 2. The van der Waals surface area contributed by atoms with E-state index in [9.17, 15) is 18.0 Å². The van der Waals surface area contributed by atoms with E-state index in [-0.39, 0.29) is 5.82 Å². The summed E-state index contributed by atoms with van der Waals surface area (Å²) in [6.07, 6.45) is -3.80. The van der Waals surface area contributed by atoms with Crippen LogP contribution in [0.3, 0.4) is 0 Å². The number of anilines is 1. The molecule has 0 spiro atoms. The van der Waals surface area contributed by atoms with E-state index >= 15 is 0 Å². The quantitative estimate of drug-likeness (QED) is 0.808. The number of pyridine rings is 1. The van der Waals surface area contributed by atoms with E-state index < -0.39 is 24.0 Å². The van der Waals surface area contributed by atoms with Gasteiger partial charge >= 0.3 is 6.18 Å². The average molecular weight is 345 g/mol. The standard InChI is InChI=1S/C18H14F3N3O/c1-17(18(19,20)21)11-16(25)24(23-17)15-10-9-14(12-22-15)8-7-13-5-3-2-4-6-13/h2-6,9-10,12,23H,11H2,1H3/t17-/m0/s1. The third-order valence-corrected chi connectivity index (χ3v) is 3.84. The molecule has 1 amide bonds. The lowest BCUT2D eigenvalue weighted by Gasteiger charge is -2.27. The maximum atomic E-state index is 13.1. The molecule has 1 saturated heterocycles. The average Bonchev–Trinajstić information content (AvgIpc) is 2.90. The number of hydrogen-bond acceptors (Lipinski definition) is 3. The molecule has 0 bridgehead atoms. The highest BCUT2D eigenvalue weighted by molar-refractivity contribution is 5.94. The van der Waals surface area contributed by atoms with Gasteiger partial charge in [-0.05, 0) is 31.2 Å². The van der Waals surface area contributed by atoms with E-state index in [1.165, 1.54) is 12.3 Å². The number of rotatable bonds is 1. The van der Waals surface area contributed by atoms with Crippen molar-refractivity contribution in [1.29, 1.82) is 0 Å². The van der Waals surface area contributed by atoms with Crippen molar-refractivity contribution in [3.8, 4) is 11.8 Å². The van der Waals surface area contributed by atoms with Crippen molar-refractivity contribution in [2.24, 2.45) is 0 Å². The number of hydrazine groups is 1. The lowest BCUT2D eigenvalue weighted by atomic mass is 10.00. The molecule has 4 nitrogen and oxygen atoms in total. The second-order valence-corrected chi connectivity index (χ2v) is 5.87. The predicted molar refractivity (Wildman–Crippen MR) is 86.4 cm³/mol. The van der Waals surface area contributed by atoms with Gasteiger partial charge in [0, 0.05) is 17.3 Å². The first-order chi connectivity index (χ1) is 11.8. The van der Waals surface area contributed by atoms with Crippen molar-refractivity contribution in [3.05, 3.63) is 59.8 Å². The first-order valence-electron chi connectivity index (χ1n) is 7.49. The molecule has 3 rings (SSSR count). The molecule has 1 aliphatic rings. The first kappa shape index (κ1) is 17.0. The minimum Gasteiger partial charge on any atom is -0.273 e. The fraction of sp³-hybridized carbons (Fsp3) is 0.222. The van der Waals surface area contributed by atoms with Gasteiger partial charge in [-0.25, -0.2) is 15.4 Å². The molecule has 0 aliphatic carbocycles. The molecule has 1 atom stereocenters. The summed E-state index contributed by atoms with van der Waals surface area (Å²) in [5.74, 6) is 5.29. The number of amides is 1. The van der Waals surface area contributed by atoms with Crippen molar-refractivity contribution in [2.75, 3.05) is 5.01 Å². The van der Waals surface area contributed by atoms with Crippen LogP contribution in [-0.2, 0) is 4.79 Å². The zero-order chi connectivity index (χ0) is 18.1. The fourth-order valence-corrected chi connectivity index (χ4v) is 2.34. The highest BCUT2D eigenvalue weighted by atomic mass is 19.4. The minimum atomic E-state index is -4.54. The maximum Gasteiger partial charge on any atom is 0.408 e. The van der Waals surface area contributed by atoms with Gasteiger partial charge in [-0.15, -0.1) is 0 Å². The van der Waals surface area contributed by atoms with Gasteiger partial charge < -0.3 is 0 Å². The van der Waals surface area contributed by atoms with E-state index in [0.717, 1.165) is 17.5 Å². The molecule has 7 heteroatoms. The lowest BCUT2D eigenvalue weighted by Crippen LogP contribution is -2.54. The van der Waals surface area contributed by atoms with Gasteiger partial charge in [0.1, 0.15) is 11.4 Å². The Bertz CT molecular complexity index is 838. The van der Waals surface area contributed by atoms with Crippen LogP contribution in [0.1, 0.15) is 24.5 Å². The second-order valence-electron chi connectivity index (χ2n) is 5.87. The Morgan fingerprint density at radius 1 is 1.12 bits per heavy atom. The van der Waals surface area contributed by atoms with Crippen LogP contribution in [0.4, 0.5) is 19.0 Å². The summed E-state index contributed by atoms with van der Waals surface area (Å²) >= 11 is 0. The number of benzene rings is 1. The Hall–Kier alpha value is -2.85. The highest BCUT2D eigenvalue weighted by Crippen LogP contribution is 2.37. The number of hydrogen-bond donors (Lipinski definition) is 1. The van der Waals surface area contributed by atoms with E-state index in [1.54, 1.807) is 6.07 Å². The third kappa shape index (κ3) is 3.49. The fourth-order valence-electron chi connectivity index (χ4n) is 2.34. The third-order valence-electron chi connectivity index (χ3n) is 3.84. The number of carbonyl (C=O) groups is 1. The summed E-state index contributed by atoms with van der Waals surface area (Å²) in [4.78, 5) is 16.0. The minimum absolute atomic E-state index is 0.100. The SMILES string of the molecule is C[C@@]1(C(F)(F)F)CC(=O)N(c2ccc(C#Cc3ccccc3)cn2)N1. The molecule has 0 radical (unpaired) electrons. The van der Waals surface area contributed by atoms with E-state index in [4.69, 9.17) is 0 Å². The number of carbonyl (C=O) groups excluding carboxylic acids is 1. The van der Waals surface area contributed by atoms with Gasteiger partial charge in [-0.1, -0.05) is 30.0 Å². The molecule has 1 aromatic heterocycles. The molecule has 0 unspecified atom stereocenters. The van der Waals surface area contributed by atoms with Gasteiger partial charge in [0.2, 0.25) is 5.91 Å². The number of alkyl halides is 3. The van der Waals surface area contributed by atoms with Crippen LogP contribution in [0.2, 0.25) is 0 Å². The van der Waals surface area contributed by atoms with Crippen molar-refractivity contribution in [2.45, 2.75) is 25.1 Å². The first-order valence-corrected chi connectivity index (χ1v) is 7.49. The maximum absolute atomic E-state index is 13.1. The molecular formula is C18H14F3N3O. The second kappa shape index (κ2) is 6.22. The number of halogens is 3. The van der Waals surface area contributed by atoms with Crippen molar-refractivity contribution in [3.63, 3.8) is 0 Å². The van der Waals surface area contributed by atoms with Crippen LogP contribution in [0, 0.1) is 11.8 Å². The zero-order valence-corrected chi connectivity index (χ0v) is 13.3. The van der Waals surface area contributed by atoms with E-state index in [2.05, 4.69) is 22.3 Å². The zero-order valence-electron chi connectivity index (χ0n) is 13.3. The smallest absolute Gasteiger partial charge is 0.273 e. The predicted octanol–water partition coefficient (Wildman–Crippen LogP) is 3.04. The molecular weight excluding hydrogens is 331 g/mol. The Morgan fingerprint density at radius 3 is 2.36 bits per heavy atom. The molecule has 1 aromatic carbocycles. The van der Waals surface area contributed by atoms with Crippen molar-refractivity contribution >= 4 is 11.7 Å². The van der Waals surface area contributed by atoms with Gasteiger partial charge in [-0.2, -0.15) is 13.2 Å². The van der Waals surface area contributed by atoms with E-state index in [0.29, 0.717) is 5.56 Å². The number of nitrogens with one attached hydrogen (secondary N) is 1. The monoisotopic (exact) mass is 345 g/mol. The van der Waals surface area contributed by atoms with Gasteiger partial charge in [-0.3, -0.25) is 4.79 Å². The van der Waals surface area contributed by atoms with Crippen molar-refractivity contribution < 1.29 is 18.0 Å². The summed E-state index contributed by atoms with van der Waals surface area (Å²) in [6, 6.07) is 12.4. The Morgan fingerprint density at radius 2 is 1.80 bits per heavy atom. The van der Waals surface area contributed by atoms with E-state index in [1.807, 2.05) is 30.3 Å². The normalized spacial score (nSPS) is 20.3. The number of aromatic nitrogens is 1. The van der Waals surface area contributed by atoms with Crippen LogP contribution in [0.5, 0.6) is 0 Å². The summed E-state index contributed by atoms with van der Waals surface area (Å²) in [5, 5.41) is 0.835. The molecule has 1 fully saturated rings. The largest absolute Gasteiger partial charge is 0.408 e.